The van der Waals surface area contributed by atoms with Crippen LogP contribution in [0.2, 0.25) is 0 Å². The van der Waals surface area contributed by atoms with Crippen LogP contribution in [0.4, 0.5) is 0 Å². The quantitative estimate of drug-likeness (QED) is 0.487. The van der Waals surface area contributed by atoms with Gasteiger partial charge in [0.25, 0.3) is 0 Å². The minimum Gasteiger partial charge on any atom is -0.477 e. The van der Waals surface area contributed by atoms with Crippen LogP contribution < -0.4 is 0 Å². The molecule has 0 aliphatic rings. The zero-order chi connectivity index (χ0) is 8.97. The van der Waals surface area contributed by atoms with Crippen LogP contribution in [0.15, 0.2) is 18.1 Å². The number of carboxylic acid groups (broad SMARTS) is 1. The van der Waals surface area contributed by atoms with Crippen molar-refractivity contribution in [2.45, 2.75) is 0 Å². The number of carboxylic acids is 1. The Morgan fingerprint density at radius 2 is 2.58 bits per heavy atom. The molecular weight excluding hydrogens is 158 g/mol. The molecule has 0 amide bonds. The summed E-state index contributed by atoms with van der Waals surface area (Å²) in [6.45, 7) is 0. The number of nitrogens with zero attached hydrogens (tertiary/aromatic N) is 2. The first-order chi connectivity index (χ1) is 5.74. The fraction of sp³-hybridized carbons (Fsp3) is 0. The third-order valence-corrected chi connectivity index (χ3v) is 1.16. The summed E-state index contributed by atoms with van der Waals surface area (Å²) in [6, 6.07) is 1.55. The van der Waals surface area contributed by atoms with Crippen molar-refractivity contribution in [3.63, 3.8) is 0 Å². The van der Waals surface area contributed by atoms with Crippen LogP contribution in [0.3, 0.4) is 0 Å². The molecule has 2 N–H and O–H groups in total. The Morgan fingerprint density at radius 1 is 1.83 bits per heavy atom. The molecule has 0 atom stereocenters. The monoisotopic (exact) mass is 163 g/mol. The van der Waals surface area contributed by atoms with Gasteiger partial charge in [0.1, 0.15) is 11.6 Å². The standard InChI is InChI=1S/C7H5N3O2/c8-2-5(7(11)12)1-6-3-9-4-10-6/h1,3-4H,(H,9,10)(H,11,12)/b5-1+. The molecule has 0 bridgehead atoms. The largest absolute Gasteiger partial charge is 0.477 e. The summed E-state index contributed by atoms with van der Waals surface area (Å²) in [4.78, 5) is 16.7. The number of aliphatic carboxylic acids is 1. The van der Waals surface area contributed by atoms with Crippen molar-refractivity contribution in [1.82, 2.24) is 9.97 Å². The molecule has 0 fully saturated rings. The number of hydrogen-bond donors (Lipinski definition) is 2. The molecule has 1 aromatic heterocycles. The molecule has 0 aliphatic carbocycles. The maximum absolute atomic E-state index is 10.3. The van der Waals surface area contributed by atoms with Crippen LogP contribution >= 0.6 is 0 Å². The minimum absolute atomic E-state index is 0.331. The van der Waals surface area contributed by atoms with Crippen molar-refractivity contribution in [2.75, 3.05) is 0 Å². The molecule has 0 saturated heterocycles. The van der Waals surface area contributed by atoms with E-state index < -0.39 is 5.97 Å². The lowest BCUT2D eigenvalue weighted by molar-refractivity contribution is -0.132. The van der Waals surface area contributed by atoms with Crippen molar-refractivity contribution >= 4 is 12.0 Å². The molecule has 1 heterocycles. The maximum Gasteiger partial charge on any atom is 0.346 e. The number of carbonyl (C=O) groups is 1. The number of aromatic amines is 1. The molecule has 0 aliphatic heterocycles. The van der Waals surface area contributed by atoms with E-state index in [1.54, 1.807) is 6.07 Å². The van der Waals surface area contributed by atoms with E-state index in [9.17, 15) is 4.79 Å². The van der Waals surface area contributed by atoms with Crippen LogP contribution in [-0.2, 0) is 4.79 Å². The SMILES string of the molecule is N#C/C(=C\c1c[nH]cn1)C(=O)O. The smallest absolute Gasteiger partial charge is 0.346 e. The van der Waals surface area contributed by atoms with Gasteiger partial charge in [-0.15, -0.1) is 0 Å². The summed E-state index contributed by atoms with van der Waals surface area (Å²) in [5, 5.41) is 16.8. The van der Waals surface area contributed by atoms with Crippen molar-refractivity contribution in [1.29, 1.82) is 5.26 Å². The average Bonchev–Trinajstić information content (AvgIpc) is 2.51. The van der Waals surface area contributed by atoms with E-state index in [0.717, 1.165) is 0 Å². The fourth-order valence-electron chi connectivity index (χ4n) is 0.640. The van der Waals surface area contributed by atoms with Gasteiger partial charge in [-0.25, -0.2) is 9.78 Å². The summed E-state index contributed by atoms with van der Waals surface area (Å²) in [7, 11) is 0. The molecule has 0 unspecified atom stereocenters. The first-order valence-corrected chi connectivity index (χ1v) is 3.08. The average molecular weight is 163 g/mol. The number of nitriles is 1. The molecule has 0 aromatic carbocycles. The summed E-state index contributed by atoms with van der Waals surface area (Å²) in [5.41, 5.74) is 0.0936. The van der Waals surface area contributed by atoms with E-state index in [0.29, 0.717) is 5.69 Å². The first kappa shape index (κ1) is 8.01. The Balaban J connectivity index is 2.95. The van der Waals surface area contributed by atoms with Crippen molar-refractivity contribution < 1.29 is 9.90 Å². The highest BCUT2D eigenvalue weighted by molar-refractivity contribution is 5.96. The summed E-state index contributed by atoms with van der Waals surface area (Å²) < 4.78 is 0. The second-order valence-electron chi connectivity index (χ2n) is 1.97. The Morgan fingerprint density at radius 3 is 3.00 bits per heavy atom. The normalized spacial score (nSPS) is 10.8. The first-order valence-electron chi connectivity index (χ1n) is 3.08. The molecule has 60 valence electrons. The van der Waals surface area contributed by atoms with Gasteiger partial charge in [0.15, 0.2) is 0 Å². The van der Waals surface area contributed by atoms with E-state index in [1.807, 2.05) is 0 Å². The molecule has 1 rings (SSSR count). The summed E-state index contributed by atoms with van der Waals surface area (Å²) in [5.74, 6) is -1.25. The molecule has 0 radical (unpaired) electrons. The van der Waals surface area contributed by atoms with Gasteiger partial charge in [-0.05, 0) is 6.08 Å². The third kappa shape index (κ3) is 1.70. The molecule has 0 saturated carbocycles. The van der Waals surface area contributed by atoms with Gasteiger partial charge in [0, 0.05) is 6.20 Å². The zero-order valence-corrected chi connectivity index (χ0v) is 5.98. The van der Waals surface area contributed by atoms with E-state index in [2.05, 4.69) is 9.97 Å². The topological polar surface area (TPSA) is 89.8 Å². The third-order valence-electron chi connectivity index (χ3n) is 1.16. The van der Waals surface area contributed by atoms with Crippen LogP contribution in [0.5, 0.6) is 0 Å². The number of imidazole rings is 1. The van der Waals surface area contributed by atoms with Crippen LogP contribution in [-0.4, -0.2) is 21.0 Å². The van der Waals surface area contributed by atoms with Crippen molar-refractivity contribution in [2.24, 2.45) is 0 Å². The van der Waals surface area contributed by atoms with E-state index in [1.165, 1.54) is 18.6 Å². The van der Waals surface area contributed by atoms with Gasteiger partial charge >= 0.3 is 5.97 Å². The molecular formula is C7H5N3O2. The van der Waals surface area contributed by atoms with Crippen LogP contribution in [0.25, 0.3) is 6.08 Å². The summed E-state index contributed by atoms with van der Waals surface area (Å²) in [6.07, 6.45) is 4.10. The van der Waals surface area contributed by atoms with Gasteiger partial charge < -0.3 is 10.1 Å². The van der Waals surface area contributed by atoms with E-state index in [4.69, 9.17) is 10.4 Å². The number of H-pyrrole nitrogens is 1. The Labute approximate surface area is 68.0 Å². The lowest BCUT2D eigenvalue weighted by Gasteiger charge is -1.85. The van der Waals surface area contributed by atoms with E-state index in [-0.39, 0.29) is 5.57 Å². The fourth-order valence-corrected chi connectivity index (χ4v) is 0.640. The second kappa shape index (κ2) is 3.34. The van der Waals surface area contributed by atoms with Crippen molar-refractivity contribution in [3.05, 3.63) is 23.8 Å². The van der Waals surface area contributed by atoms with Gasteiger partial charge in [0.2, 0.25) is 0 Å². The second-order valence-corrected chi connectivity index (χ2v) is 1.97. The van der Waals surface area contributed by atoms with Gasteiger partial charge in [-0.3, -0.25) is 0 Å². The van der Waals surface area contributed by atoms with Gasteiger partial charge in [-0.1, -0.05) is 0 Å². The molecule has 1 aromatic rings. The molecule has 5 heteroatoms. The van der Waals surface area contributed by atoms with Gasteiger partial charge in [0.05, 0.1) is 12.0 Å². The van der Waals surface area contributed by atoms with Crippen LogP contribution in [0.1, 0.15) is 5.69 Å². The Hall–Kier alpha value is -2.09. The molecule has 12 heavy (non-hydrogen) atoms. The highest BCUT2D eigenvalue weighted by atomic mass is 16.4. The number of hydrogen-bond acceptors (Lipinski definition) is 3. The van der Waals surface area contributed by atoms with Crippen molar-refractivity contribution in [3.8, 4) is 6.07 Å². The number of aromatic nitrogens is 2. The minimum atomic E-state index is -1.25. The maximum atomic E-state index is 10.3. The Bertz CT molecular complexity index is 345. The van der Waals surface area contributed by atoms with Crippen LogP contribution in [0, 0.1) is 11.3 Å². The Kier molecular flexibility index (Phi) is 2.23. The van der Waals surface area contributed by atoms with Gasteiger partial charge in [-0.2, -0.15) is 5.26 Å². The number of nitrogens with one attached hydrogen (secondary N) is 1. The summed E-state index contributed by atoms with van der Waals surface area (Å²) >= 11 is 0. The zero-order valence-electron chi connectivity index (χ0n) is 5.98. The highest BCUT2D eigenvalue weighted by Gasteiger charge is 2.05. The molecule has 0 spiro atoms. The highest BCUT2D eigenvalue weighted by Crippen LogP contribution is 2.01. The molecule has 5 nitrogen and oxygen atoms in total. The predicted octanol–water partition coefficient (Wildman–Crippen LogP) is 0.401. The predicted molar refractivity (Wildman–Crippen MR) is 39.8 cm³/mol. The van der Waals surface area contributed by atoms with E-state index >= 15 is 0 Å². The number of rotatable bonds is 2. The lowest BCUT2D eigenvalue weighted by Crippen LogP contribution is -1.97. The lowest BCUT2D eigenvalue weighted by atomic mass is 10.2.